The molecule has 0 spiro atoms. The lowest BCUT2D eigenvalue weighted by Gasteiger charge is -2.06. The van der Waals surface area contributed by atoms with Crippen LogP contribution in [0.15, 0.2) is 49.8 Å². The molecule has 0 atom stereocenters. The van der Waals surface area contributed by atoms with Crippen LogP contribution in [0.2, 0.25) is 0 Å². The van der Waals surface area contributed by atoms with Gasteiger partial charge in [-0.3, -0.25) is 0 Å². The first-order chi connectivity index (χ1) is 9.13. The van der Waals surface area contributed by atoms with Crippen molar-refractivity contribution in [3.05, 3.63) is 45.3 Å². The van der Waals surface area contributed by atoms with Crippen LogP contribution in [0.25, 0.3) is 11.1 Å². The third-order valence-corrected chi connectivity index (χ3v) is 3.93. The molecular formula is C13H9Br2N3O. The number of hydrogen-bond donors (Lipinski definition) is 2. The van der Waals surface area contributed by atoms with E-state index in [9.17, 15) is 0 Å². The van der Waals surface area contributed by atoms with Gasteiger partial charge in [-0.1, -0.05) is 6.07 Å². The Labute approximate surface area is 126 Å². The number of nitrogens with two attached hydrogens (primary N) is 1. The maximum absolute atomic E-state index is 5.72. The summed E-state index contributed by atoms with van der Waals surface area (Å²) in [5.74, 6) is 0. The number of oxazole rings is 1. The zero-order valence-electron chi connectivity index (χ0n) is 9.65. The average molecular weight is 383 g/mol. The zero-order chi connectivity index (χ0) is 13.4. The van der Waals surface area contributed by atoms with Crippen LogP contribution in [0.3, 0.4) is 0 Å². The van der Waals surface area contributed by atoms with Crippen LogP contribution in [0.4, 0.5) is 17.4 Å². The first-order valence-electron chi connectivity index (χ1n) is 5.50. The Hall–Kier alpha value is -1.53. The van der Waals surface area contributed by atoms with Crippen molar-refractivity contribution in [2.75, 3.05) is 11.1 Å². The van der Waals surface area contributed by atoms with Gasteiger partial charge in [0.2, 0.25) is 0 Å². The minimum atomic E-state index is 0.424. The number of anilines is 3. The summed E-state index contributed by atoms with van der Waals surface area (Å²) in [5.41, 5.74) is 8.66. The molecule has 0 bridgehead atoms. The highest BCUT2D eigenvalue weighted by Gasteiger charge is 2.10. The van der Waals surface area contributed by atoms with Gasteiger partial charge < -0.3 is 15.5 Å². The highest BCUT2D eigenvalue weighted by molar-refractivity contribution is 9.11. The van der Waals surface area contributed by atoms with Crippen LogP contribution in [-0.2, 0) is 0 Å². The summed E-state index contributed by atoms with van der Waals surface area (Å²) in [6.07, 6.45) is 0. The Morgan fingerprint density at radius 2 is 1.84 bits per heavy atom. The van der Waals surface area contributed by atoms with Crippen molar-refractivity contribution in [1.29, 1.82) is 0 Å². The summed E-state index contributed by atoms with van der Waals surface area (Å²) >= 11 is 6.96. The average Bonchev–Trinajstić information content (AvgIpc) is 2.75. The van der Waals surface area contributed by atoms with Crippen molar-refractivity contribution >= 4 is 60.3 Å². The van der Waals surface area contributed by atoms with Crippen LogP contribution in [0.5, 0.6) is 0 Å². The number of fused-ring (bicyclic) bond motifs is 1. The molecule has 0 aliphatic carbocycles. The zero-order valence-corrected chi connectivity index (χ0v) is 12.8. The second kappa shape index (κ2) is 4.86. The van der Waals surface area contributed by atoms with E-state index in [1.165, 1.54) is 0 Å². The molecule has 3 rings (SSSR count). The fourth-order valence-corrected chi connectivity index (χ4v) is 2.92. The minimum Gasteiger partial charge on any atom is -0.423 e. The van der Waals surface area contributed by atoms with E-state index in [1.54, 1.807) is 18.2 Å². The normalized spacial score (nSPS) is 10.8. The Bertz CT molecular complexity index is 734. The number of halogens is 2. The maximum atomic E-state index is 5.72. The third kappa shape index (κ3) is 2.46. The lowest BCUT2D eigenvalue weighted by molar-refractivity contribution is 0.623. The number of para-hydroxylation sites is 1. The molecule has 0 amide bonds. The Morgan fingerprint density at radius 3 is 2.58 bits per heavy atom. The number of nitrogen functional groups attached to an aromatic ring is 1. The van der Waals surface area contributed by atoms with Crippen LogP contribution in [0, 0.1) is 0 Å². The fraction of sp³-hybridized carbons (Fsp3) is 0. The number of aromatic nitrogens is 1. The van der Waals surface area contributed by atoms with E-state index in [-0.39, 0.29) is 0 Å². The third-order valence-electron chi connectivity index (χ3n) is 2.61. The predicted octanol–water partition coefficient (Wildman–Crippen LogP) is 4.68. The molecule has 3 N–H and O–H groups in total. The number of nitrogens with one attached hydrogen (secondary N) is 1. The van der Waals surface area contributed by atoms with E-state index in [0.29, 0.717) is 17.3 Å². The van der Waals surface area contributed by atoms with Crippen LogP contribution >= 0.6 is 31.9 Å². The fourth-order valence-electron chi connectivity index (χ4n) is 1.72. The van der Waals surface area contributed by atoms with E-state index in [0.717, 1.165) is 20.1 Å². The minimum absolute atomic E-state index is 0.424. The molecule has 0 unspecified atom stereocenters. The summed E-state index contributed by atoms with van der Waals surface area (Å²) in [7, 11) is 0. The molecule has 1 heterocycles. The van der Waals surface area contributed by atoms with Crippen molar-refractivity contribution in [1.82, 2.24) is 4.98 Å². The number of benzene rings is 2. The second-order valence-corrected chi connectivity index (χ2v) is 5.68. The van der Waals surface area contributed by atoms with E-state index >= 15 is 0 Å². The van der Waals surface area contributed by atoms with Gasteiger partial charge >= 0.3 is 0 Å². The van der Waals surface area contributed by atoms with Crippen molar-refractivity contribution in [2.45, 2.75) is 0 Å². The number of nitrogens with zero attached hydrogens (tertiary/aromatic N) is 1. The monoisotopic (exact) mass is 381 g/mol. The van der Waals surface area contributed by atoms with Crippen LogP contribution in [-0.4, -0.2) is 4.98 Å². The van der Waals surface area contributed by atoms with Gasteiger partial charge in [0, 0.05) is 14.6 Å². The molecule has 4 nitrogen and oxygen atoms in total. The lowest BCUT2D eigenvalue weighted by Crippen LogP contribution is -1.92. The number of rotatable bonds is 2. The van der Waals surface area contributed by atoms with Crippen molar-refractivity contribution in [3.8, 4) is 0 Å². The molecule has 0 radical (unpaired) electrons. The Kier molecular flexibility index (Phi) is 3.20. The van der Waals surface area contributed by atoms with Gasteiger partial charge in [0.1, 0.15) is 5.52 Å². The van der Waals surface area contributed by atoms with Crippen molar-refractivity contribution < 1.29 is 4.42 Å². The molecule has 0 aliphatic rings. The molecule has 0 aliphatic heterocycles. The second-order valence-electron chi connectivity index (χ2n) is 3.97. The summed E-state index contributed by atoms with van der Waals surface area (Å²) in [6, 6.07) is 11.6. The van der Waals surface area contributed by atoms with Crippen LogP contribution < -0.4 is 11.1 Å². The standard InChI is InChI=1S/C13H9Br2N3O/c14-8-2-1-3-9(15)12(8)18-13-17-10-6-7(16)4-5-11(10)19-13/h1-6H,16H2,(H,17,18). The topological polar surface area (TPSA) is 64.1 Å². The molecule has 96 valence electrons. The molecule has 19 heavy (non-hydrogen) atoms. The van der Waals surface area contributed by atoms with Gasteiger partial charge in [0.15, 0.2) is 5.58 Å². The first kappa shape index (κ1) is 12.5. The Morgan fingerprint density at radius 1 is 1.11 bits per heavy atom. The molecule has 6 heteroatoms. The predicted molar refractivity (Wildman–Crippen MR) is 83.5 cm³/mol. The van der Waals surface area contributed by atoms with Crippen molar-refractivity contribution in [2.24, 2.45) is 0 Å². The van der Waals surface area contributed by atoms with E-state index in [2.05, 4.69) is 42.2 Å². The summed E-state index contributed by atoms with van der Waals surface area (Å²) in [5, 5.41) is 3.14. The van der Waals surface area contributed by atoms with Crippen LogP contribution in [0.1, 0.15) is 0 Å². The summed E-state index contributed by atoms with van der Waals surface area (Å²) in [4.78, 5) is 4.35. The lowest BCUT2D eigenvalue weighted by atomic mass is 10.3. The van der Waals surface area contributed by atoms with Gasteiger partial charge in [-0.25, -0.2) is 0 Å². The summed E-state index contributed by atoms with van der Waals surface area (Å²) < 4.78 is 7.46. The molecule has 0 saturated heterocycles. The van der Waals surface area contributed by atoms with Gasteiger partial charge in [-0.05, 0) is 62.2 Å². The van der Waals surface area contributed by atoms with E-state index in [1.807, 2.05) is 18.2 Å². The van der Waals surface area contributed by atoms with E-state index < -0.39 is 0 Å². The molecule has 2 aromatic carbocycles. The molecule has 0 saturated carbocycles. The number of hydrogen-bond acceptors (Lipinski definition) is 4. The van der Waals surface area contributed by atoms with E-state index in [4.69, 9.17) is 10.2 Å². The van der Waals surface area contributed by atoms with Gasteiger partial charge in [-0.2, -0.15) is 4.98 Å². The highest BCUT2D eigenvalue weighted by Crippen LogP contribution is 2.33. The quantitative estimate of drug-likeness (QED) is 0.631. The van der Waals surface area contributed by atoms with Gasteiger partial charge in [0.25, 0.3) is 6.01 Å². The molecule has 1 aromatic heterocycles. The molecule has 3 aromatic rings. The smallest absolute Gasteiger partial charge is 0.300 e. The SMILES string of the molecule is Nc1ccc2oc(Nc3c(Br)cccc3Br)nc2c1. The van der Waals surface area contributed by atoms with Gasteiger partial charge in [0.05, 0.1) is 5.69 Å². The molecule has 0 fully saturated rings. The molecular weight excluding hydrogens is 374 g/mol. The largest absolute Gasteiger partial charge is 0.423 e. The van der Waals surface area contributed by atoms with Crippen molar-refractivity contribution in [3.63, 3.8) is 0 Å². The Balaban J connectivity index is 2.01. The maximum Gasteiger partial charge on any atom is 0.300 e. The highest BCUT2D eigenvalue weighted by atomic mass is 79.9. The summed E-state index contributed by atoms with van der Waals surface area (Å²) in [6.45, 7) is 0. The van der Waals surface area contributed by atoms with Gasteiger partial charge in [-0.15, -0.1) is 0 Å². The first-order valence-corrected chi connectivity index (χ1v) is 7.09.